The molecule has 1 aliphatic rings. The summed E-state index contributed by atoms with van der Waals surface area (Å²) in [4.78, 5) is 21.7. The molecule has 0 aliphatic carbocycles. The Balaban J connectivity index is 1.08. The number of H-pyrrole nitrogens is 2. The van der Waals surface area contributed by atoms with Crippen molar-refractivity contribution >= 4 is 39.3 Å². The van der Waals surface area contributed by atoms with Crippen LogP contribution < -0.4 is 11.1 Å². The molecule has 1 fully saturated rings. The molecular formula is C26H30ClN5O. The Labute approximate surface area is 198 Å². The summed E-state index contributed by atoms with van der Waals surface area (Å²) in [5, 5.41) is 6.18. The first-order chi connectivity index (χ1) is 16.1. The van der Waals surface area contributed by atoms with Gasteiger partial charge in [0.25, 0.3) is 0 Å². The topological polar surface area (TPSA) is 89.9 Å². The van der Waals surface area contributed by atoms with Crippen LogP contribution in [0, 0.1) is 5.92 Å². The van der Waals surface area contributed by atoms with Gasteiger partial charge in [-0.05, 0) is 73.7 Å². The number of hydrogen-bond acceptors (Lipinski definition) is 3. The molecule has 7 heteroatoms. The Morgan fingerprint density at radius 2 is 1.79 bits per heavy atom. The Kier molecular flexibility index (Phi) is 6.40. The van der Waals surface area contributed by atoms with Crippen LogP contribution in [0.3, 0.4) is 0 Å². The van der Waals surface area contributed by atoms with E-state index < -0.39 is 6.04 Å². The molecule has 2 aromatic heterocycles. The third-order valence-electron chi connectivity index (χ3n) is 6.85. The normalized spacial score (nSPS) is 16.4. The van der Waals surface area contributed by atoms with Gasteiger partial charge in [-0.3, -0.25) is 9.69 Å². The number of carbonyl (C=O) groups is 1. The number of nitrogens with zero attached hydrogens (tertiary/aromatic N) is 1. The SMILES string of the molecule is N[C@@H](Cc1c[nH]c2ccccc12)C(=O)NCC1CCN(Cc2c[nH]c3ccc(Cl)cc23)CC1. The van der Waals surface area contributed by atoms with Gasteiger partial charge in [0.05, 0.1) is 6.04 Å². The number of fused-ring (bicyclic) bond motifs is 2. The average molecular weight is 464 g/mol. The van der Waals surface area contributed by atoms with Crippen molar-refractivity contribution in [1.29, 1.82) is 0 Å². The molecule has 1 amide bonds. The van der Waals surface area contributed by atoms with Gasteiger partial charge in [-0.2, -0.15) is 0 Å². The lowest BCUT2D eigenvalue weighted by Crippen LogP contribution is -2.45. The van der Waals surface area contributed by atoms with Crippen molar-refractivity contribution in [3.8, 4) is 0 Å². The first-order valence-electron chi connectivity index (χ1n) is 11.6. The zero-order valence-corrected chi connectivity index (χ0v) is 19.4. The number of aromatic nitrogens is 2. The monoisotopic (exact) mass is 463 g/mol. The van der Waals surface area contributed by atoms with Gasteiger partial charge >= 0.3 is 0 Å². The predicted octanol–water partition coefficient (Wildman–Crippen LogP) is 4.20. The zero-order valence-electron chi connectivity index (χ0n) is 18.6. The van der Waals surface area contributed by atoms with Gasteiger partial charge in [-0.15, -0.1) is 0 Å². The Morgan fingerprint density at radius 1 is 1.06 bits per heavy atom. The van der Waals surface area contributed by atoms with E-state index in [-0.39, 0.29) is 5.91 Å². The maximum atomic E-state index is 12.6. The van der Waals surface area contributed by atoms with Crippen molar-refractivity contribution in [2.24, 2.45) is 11.7 Å². The van der Waals surface area contributed by atoms with Crippen LogP contribution in [0.4, 0.5) is 0 Å². The number of likely N-dealkylation sites (tertiary alicyclic amines) is 1. The Bertz CT molecular complexity index is 1250. The highest BCUT2D eigenvalue weighted by molar-refractivity contribution is 6.31. The first-order valence-corrected chi connectivity index (χ1v) is 12.0. The lowest BCUT2D eigenvalue weighted by Gasteiger charge is -2.32. The molecule has 172 valence electrons. The van der Waals surface area contributed by atoms with E-state index >= 15 is 0 Å². The fourth-order valence-corrected chi connectivity index (χ4v) is 5.05. The van der Waals surface area contributed by atoms with Crippen molar-refractivity contribution in [3.63, 3.8) is 0 Å². The highest BCUT2D eigenvalue weighted by atomic mass is 35.5. The van der Waals surface area contributed by atoms with Crippen LogP contribution in [0.2, 0.25) is 5.02 Å². The highest BCUT2D eigenvalue weighted by Gasteiger charge is 2.22. The molecule has 0 unspecified atom stereocenters. The number of amides is 1. The van der Waals surface area contributed by atoms with Gasteiger partial charge in [0.1, 0.15) is 0 Å². The number of hydrogen-bond donors (Lipinski definition) is 4. The number of carbonyl (C=O) groups excluding carboxylic acids is 1. The van der Waals surface area contributed by atoms with Gasteiger partial charge in [0.2, 0.25) is 5.91 Å². The van der Waals surface area contributed by atoms with Crippen LogP contribution in [0.1, 0.15) is 24.0 Å². The van der Waals surface area contributed by atoms with Crippen molar-refractivity contribution < 1.29 is 4.79 Å². The lowest BCUT2D eigenvalue weighted by molar-refractivity contribution is -0.122. The molecule has 0 saturated carbocycles. The van der Waals surface area contributed by atoms with Crippen molar-refractivity contribution in [2.75, 3.05) is 19.6 Å². The van der Waals surface area contributed by atoms with Gasteiger partial charge in [-0.25, -0.2) is 0 Å². The van der Waals surface area contributed by atoms with Crippen molar-refractivity contribution in [3.05, 3.63) is 71.0 Å². The number of rotatable bonds is 7. The van der Waals surface area contributed by atoms with Crippen molar-refractivity contribution in [2.45, 2.75) is 31.8 Å². The fourth-order valence-electron chi connectivity index (χ4n) is 4.88. The molecule has 1 atom stereocenters. The highest BCUT2D eigenvalue weighted by Crippen LogP contribution is 2.25. The molecular weight excluding hydrogens is 434 g/mol. The summed E-state index contributed by atoms with van der Waals surface area (Å²) >= 11 is 6.18. The molecule has 4 aromatic rings. The van der Waals surface area contributed by atoms with Crippen LogP contribution in [0.5, 0.6) is 0 Å². The van der Waals surface area contributed by atoms with E-state index in [4.69, 9.17) is 17.3 Å². The fraction of sp³-hybridized carbons (Fsp3) is 0.346. The third kappa shape index (κ3) is 4.93. The quantitative estimate of drug-likeness (QED) is 0.331. The average Bonchev–Trinajstić information content (AvgIpc) is 3.42. The second kappa shape index (κ2) is 9.59. The summed E-state index contributed by atoms with van der Waals surface area (Å²) in [6, 6.07) is 13.5. The molecule has 0 bridgehead atoms. The number of halogens is 1. The Hall–Kier alpha value is -2.80. The molecule has 1 aliphatic heterocycles. The van der Waals surface area contributed by atoms with Crippen molar-refractivity contribution in [1.82, 2.24) is 20.2 Å². The van der Waals surface area contributed by atoms with Crippen LogP contribution in [0.15, 0.2) is 54.9 Å². The molecule has 2 aromatic carbocycles. The van der Waals surface area contributed by atoms with Crippen LogP contribution in [-0.2, 0) is 17.8 Å². The minimum absolute atomic E-state index is 0.0709. The number of benzene rings is 2. The minimum Gasteiger partial charge on any atom is -0.361 e. The molecule has 0 radical (unpaired) electrons. The zero-order chi connectivity index (χ0) is 22.8. The third-order valence-corrected chi connectivity index (χ3v) is 7.08. The second-order valence-electron chi connectivity index (χ2n) is 9.14. The summed E-state index contributed by atoms with van der Waals surface area (Å²) < 4.78 is 0. The van der Waals surface area contributed by atoms with Crippen LogP contribution in [0.25, 0.3) is 21.8 Å². The minimum atomic E-state index is -0.544. The van der Waals surface area contributed by atoms with E-state index in [1.54, 1.807) is 0 Å². The molecule has 5 N–H and O–H groups in total. The van der Waals surface area contributed by atoms with E-state index in [1.165, 1.54) is 10.9 Å². The molecule has 1 saturated heterocycles. The summed E-state index contributed by atoms with van der Waals surface area (Å²) in [5.74, 6) is 0.418. The maximum absolute atomic E-state index is 12.6. The van der Waals surface area contributed by atoms with E-state index in [0.29, 0.717) is 18.9 Å². The molecule has 0 spiro atoms. The van der Waals surface area contributed by atoms with Crippen LogP contribution in [-0.4, -0.2) is 46.5 Å². The lowest BCUT2D eigenvalue weighted by atomic mass is 9.96. The smallest absolute Gasteiger partial charge is 0.237 e. The van der Waals surface area contributed by atoms with E-state index in [2.05, 4.69) is 32.4 Å². The number of nitrogens with one attached hydrogen (secondary N) is 3. The predicted molar refractivity (Wildman–Crippen MR) is 134 cm³/mol. The molecule has 5 rings (SSSR count). The van der Waals surface area contributed by atoms with E-state index in [0.717, 1.165) is 59.5 Å². The first kappa shape index (κ1) is 22.0. The summed E-state index contributed by atoms with van der Waals surface area (Å²) in [7, 11) is 0. The molecule has 6 nitrogen and oxygen atoms in total. The summed E-state index contributed by atoms with van der Waals surface area (Å²) in [5.41, 5.74) is 10.8. The molecule has 33 heavy (non-hydrogen) atoms. The number of piperidine rings is 1. The Morgan fingerprint density at radius 3 is 2.61 bits per heavy atom. The summed E-state index contributed by atoms with van der Waals surface area (Å²) in [6.07, 6.45) is 6.71. The van der Waals surface area contributed by atoms with E-state index in [1.807, 2.05) is 42.6 Å². The van der Waals surface area contributed by atoms with Gasteiger partial charge in [-0.1, -0.05) is 29.8 Å². The summed E-state index contributed by atoms with van der Waals surface area (Å²) in [6.45, 7) is 3.65. The largest absolute Gasteiger partial charge is 0.361 e. The van der Waals surface area contributed by atoms with E-state index in [9.17, 15) is 4.79 Å². The van der Waals surface area contributed by atoms with Crippen LogP contribution >= 0.6 is 11.6 Å². The number of nitrogens with two attached hydrogens (primary N) is 1. The van der Waals surface area contributed by atoms with Gasteiger partial charge < -0.3 is 21.0 Å². The number of para-hydroxylation sites is 1. The van der Waals surface area contributed by atoms with Gasteiger partial charge in [0, 0.05) is 52.3 Å². The molecule has 3 heterocycles. The second-order valence-corrected chi connectivity index (χ2v) is 9.58. The maximum Gasteiger partial charge on any atom is 0.237 e. The number of aromatic amines is 2. The standard InChI is InChI=1S/C26H30ClN5O/c27-20-5-6-25-22(12-20)19(15-30-25)16-32-9-7-17(8-10-32)13-31-26(33)23(28)11-18-14-29-24-4-2-1-3-21(18)24/h1-6,12,14-15,17,23,29-30H,7-11,13,16,28H2,(H,31,33)/t23-/m0/s1. The van der Waals surface area contributed by atoms with Gasteiger partial charge in [0.15, 0.2) is 0 Å².